The lowest BCUT2D eigenvalue weighted by Crippen LogP contribution is -1.97. The van der Waals surface area contributed by atoms with Gasteiger partial charge in [0, 0.05) is 6.92 Å². The van der Waals surface area contributed by atoms with Crippen molar-refractivity contribution >= 4 is 11.1 Å². The molecule has 0 saturated carbocycles. The molecule has 1 atom stereocenters. The van der Waals surface area contributed by atoms with Crippen molar-refractivity contribution in [3.05, 3.63) is 29.7 Å². The second kappa shape index (κ2) is 2.61. The van der Waals surface area contributed by atoms with E-state index in [9.17, 15) is 0 Å². The van der Waals surface area contributed by atoms with Gasteiger partial charge in [-0.25, -0.2) is 4.98 Å². The van der Waals surface area contributed by atoms with Gasteiger partial charge in [-0.1, -0.05) is 6.07 Å². The van der Waals surface area contributed by atoms with Crippen molar-refractivity contribution in [3.63, 3.8) is 0 Å². The summed E-state index contributed by atoms with van der Waals surface area (Å²) in [7, 11) is 0. The zero-order chi connectivity index (χ0) is 10.6. The van der Waals surface area contributed by atoms with E-state index in [1.165, 1.54) is 5.56 Å². The number of fused-ring (bicyclic) bond motifs is 1. The molecular formula is C12H13NO2. The van der Waals surface area contributed by atoms with Gasteiger partial charge >= 0.3 is 0 Å². The highest BCUT2D eigenvalue weighted by Gasteiger charge is 2.48. The quantitative estimate of drug-likeness (QED) is 0.669. The summed E-state index contributed by atoms with van der Waals surface area (Å²) in [6.07, 6.45) is 0.201. The molecule has 3 nitrogen and oxygen atoms in total. The minimum atomic E-state index is -0.0251. The molecule has 1 saturated heterocycles. The van der Waals surface area contributed by atoms with Crippen LogP contribution in [0.2, 0.25) is 0 Å². The summed E-state index contributed by atoms with van der Waals surface area (Å²) >= 11 is 0. The van der Waals surface area contributed by atoms with Gasteiger partial charge in [-0.05, 0) is 31.5 Å². The molecule has 1 fully saturated rings. The van der Waals surface area contributed by atoms with Gasteiger partial charge in [0.05, 0.1) is 5.60 Å². The number of aromatic nitrogens is 1. The molecule has 0 radical (unpaired) electrons. The van der Waals surface area contributed by atoms with Gasteiger partial charge < -0.3 is 9.15 Å². The number of nitrogens with zero attached hydrogens (tertiary/aromatic N) is 1. The molecule has 3 heteroatoms. The fraction of sp³-hybridized carbons (Fsp3) is 0.417. The SMILES string of the molecule is Cc1nc2ccc(C3OC3(C)C)cc2o1. The normalized spacial score (nSPS) is 23.3. The van der Waals surface area contributed by atoms with Crippen LogP contribution in [0.25, 0.3) is 11.1 Å². The van der Waals surface area contributed by atoms with Crippen LogP contribution in [0, 0.1) is 6.92 Å². The van der Waals surface area contributed by atoms with E-state index in [0.717, 1.165) is 11.1 Å². The molecule has 0 amide bonds. The Kier molecular flexibility index (Phi) is 1.55. The molecular weight excluding hydrogens is 190 g/mol. The Balaban J connectivity index is 2.07. The molecule has 0 aliphatic carbocycles. The number of rotatable bonds is 1. The highest BCUT2D eigenvalue weighted by Crippen LogP contribution is 2.49. The molecule has 3 rings (SSSR count). The molecule has 78 valence electrons. The van der Waals surface area contributed by atoms with Gasteiger partial charge in [0.15, 0.2) is 11.5 Å². The Hall–Kier alpha value is -1.35. The van der Waals surface area contributed by atoms with Crippen LogP contribution in [0.15, 0.2) is 22.6 Å². The zero-order valence-electron chi connectivity index (χ0n) is 9.07. The third-order valence-corrected chi connectivity index (χ3v) is 2.82. The first-order chi connectivity index (χ1) is 7.06. The highest BCUT2D eigenvalue weighted by molar-refractivity contribution is 5.73. The first-order valence-corrected chi connectivity index (χ1v) is 5.11. The van der Waals surface area contributed by atoms with Crippen molar-refractivity contribution in [2.24, 2.45) is 0 Å². The number of aryl methyl sites for hydroxylation is 1. The molecule has 1 aromatic carbocycles. The Morgan fingerprint density at radius 3 is 2.73 bits per heavy atom. The Morgan fingerprint density at radius 1 is 1.33 bits per heavy atom. The van der Waals surface area contributed by atoms with E-state index in [1.54, 1.807) is 0 Å². The van der Waals surface area contributed by atoms with E-state index in [2.05, 4.69) is 24.9 Å². The summed E-state index contributed by atoms with van der Waals surface area (Å²) in [5.74, 6) is 0.707. The molecule has 0 N–H and O–H groups in total. The van der Waals surface area contributed by atoms with Crippen LogP contribution in [0.5, 0.6) is 0 Å². The smallest absolute Gasteiger partial charge is 0.192 e. The van der Waals surface area contributed by atoms with E-state index >= 15 is 0 Å². The molecule has 0 spiro atoms. The fourth-order valence-electron chi connectivity index (χ4n) is 1.96. The average Bonchev–Trinajstić information content (AvgIpc) is 2.65. The van der Waals surface area contributed by atoms with Gasteiger partial charge in [0.1, 0.15) is 11.6 Å². The number of epoxide rings is 1. The van der Waals surface area contributed by atoms with Crippen molar-refractivity contribution in [1.29, 1.82) is 0 Å². The molecule has 15 heavy (non-hydrogen) atoms. The number of ether oxygens (including phenoxy) is 1. The number of hydrogen-bond acceptors (Lipinski definition) is 3. The van der Waals surface area contributed by atoms with Crippen LogP contribution in [0.4, 0.5) is 0 Å². The van der Waals surface area contributed by atoms with Crippen molar-refractivity contribution in [2.75, 3.05) is 0 Å². The zero-order valence-corrected chi connectivity index (χ0v) is 9.07. The average molecular weight is 203 g/mol. The van der Waals surface area contributed by atoms with Crippen molar-refractivity contribution in [3.8, 4) is 0 Å². The largest absolute Gasteiger partial charge is 0.441 e. The van der Waals surface area contributed by atoms with Crippen molar-refractivity contribution < 1.29 is 9.15 Å². The van der Waals surface area contributed by atoms with Crippen LogP contribution in [-0.2, 0) is 4.74 Å². The minimum absolute atomic E-state index is 0.0251. The third-order valence-electron chi connectivity index (χ3n) is 2.82. The summed E-state index contributed by atoms with van der Waals surface area (Å²) in [6, 6.07) is 6.07. The van der Waals surface area contributed by atoms with Crippen molar-refractivity contribution in [1.82, 2.24) is 4.98 Å². The topological polar surface area (TPSA) is 38.6 Å². The maximum atomic E-state index is 5.58. The fourth-order valence-corrected chi connectivity index (χ4v) is 1.96. The number of hydrogen-bond donors (Lipinski definition) is 0. The lowest BCUT2D eigenvalue weighted by molar-refractivity contribution is 0.325. The van der Waals surface area contributed by atoms with E-state index in [-0.39, 0.29) is 11.7 Å². The van der Waals surface area contributed by atoms with Crippen LogP contribution in [0.1, 0.15) is 31.4 Å². The summed E-state index contributed by atoms with van der Waals surface area (Å²) in [5.41, 5.74) is 2.90. The van der Waals surface area contributed by atoms with E-state index in [1.807, 2.05) is 19.1 Å². The molecule has 2 aromatic rings. The van der Waals surface area contributed by atoms with Crippen molar-refractivity contribution in [2.45, 2.75) is 32.5 Å². The molecule has 1 aliphatic heterocycles. The first-order valence-electron chi connectivity index (χ1n) is 5.11. The molecule has 0 bridgehead atoms. The van der Waals surface area contributed by atoms with E-state index < -0.39 is 0 Å². The third kappa shape index (κ3) is 1.35. The lowest BCUT2D eigenvalue weighted by atomic mass is 10.0. The van der Waals surface area contributed by atoms with Crippen LogP contribution in [-0.4, -0.2) is 10.6 Å². The summed E-state index contributed by atoms with van der Waals surface area (Å²) in [4.78, 5) is 4.26. The van der Waals surface area contributed by atoms with Crippen LogP contribution < -0.4 is 0 Å². The van der Waals surface area contributed by atoms with Crippen LogP contribution in [0.3, 0.4) is 0 Å². The number of oxazole rings is 1. The Labute approximate surface area is 88.1 Å². The standard InChI is InChI=1S/C12H13NO2/c1-7-13-9-5-4-8(6-10(9)14-7)11-12(2,3)15-11/h4-6,11H,1-3H3. The van der Waals surface area contributed by atoms with Crippen LogP contribution >= 0.6 is 0 Å². The summed E-state index contributed by atoms with van der Waals surface area (Å²) in [5, 5.41) is 0. The van der Waals surface area contributed by atoms with Gasteiger partial charge in [-0.3, -0.25) is 0 Å². The highest BCUT2D eigenvalue weighted by atomic mass is 16.6. The molecule has 1 aromatic heterocycles. The summed E-state index contributed by atoms with van der Waals surface area (Å²) < 4.78 is 11.1. The number of benzene rings is 1. The Bertz CT molecular complexity index is 527. The summed E-state index contributed by atoms with van der Waals surface area (Å²) in [6.45, 7) is 6.04. The maximum Gasteiger partial charge on any atom is 0.192 e. The minimum Gasteiger partial charge on any atom is -0.441 e. The van der Waals surface area contributed by atoms with E-state index in [0.29, 0.717) is 5.89 Å². The monoisotopic (exact) mass is 203 g/mol. The van der Waals surface area contributed by atoms with Gasteiger partial charge in [0.25, 0.3) is 0 Å². The van der Waals surface area contributed by atoms with E-state index in [4.69, 9.17) is 9.15 Å². The second-order valence-electron chi connectivity index (χ2n) is 4.56. The maximum absolute atomic E-state index is 5.58. The first kappa shape index (κ1) is 8.92. The van der Waals surface area contributed by atoms with Gasteiger partial charge in [-0.2, -0.15) is 0 Å². The molecule has 2 heterocycles. The second-order valence-corrected chi connectivity index (χ2v) is 4.56. The molecule has 1 aliphatic rings. The van der Waals surface area contributed by atoms with Gasteiger partial charge in [0.2, 0.25) is 0 Å². The van der Waals surface area contributed by atoms with Gasteiger partial charge in [-0.15, -0.1) is 0 Å². The lowest BCUT2D eigenvalue weighted by Gasteiger charge is -1.97. The predicted octanol–water partition coefficient (Wildman–Crippen LogP) is 2.99. The predicted molar refractivity (Wildman–Crippen MR) is 56.7 cm³/mol. The Morgan fingerprint density at radius 2 is 2.07 bits per heavy atom. The molecule has 1 unspecified atom stereocenters.